The highest BCUT2D eigenvalue weighted by atomic mass is 16.5. The van der Waals surface area contributed by atoms with Crippen LogP contribution in [0.15, 0.2) is 0 Å². The fraction of sp³-hybridized carbons (Fsp3) is 1.00. The molecular formula is C12H27NO2. The first-order valence-electron chi connectivity index (χ1n) is 6.18. The zero-order chi connectivity index (χ0) is 11.4. The molecule has 0 radical (unpaired) electrons. The molecule has 0 spiro atoms. The molecule has 92 valence electrons. The Labute approximate surface area is 94.2 Å². The van der Waals surface area contributed by atoms with Gasteiger partial charge in [-0.1, -0.05) is 39.0 Å². The Balaban J connectivity index is 3.28. The molecule has 0 saturated heterocycles. The van der Waals surface area contributed by atoms with Crippen molar-refractivity contribution in [3.63, 3.8) is 0 Å². The number of hydrogen-bond acceptors (Lipinski definition) is 3. The van der Waals surface area contributed by atoms with Crippen LogP contribution >= 0.6 is 0 Å². The number of hydrogen-bond donors (Lipinski definition) is 2. The van der Waals surface area contributed by atoms with E-state index in [4.69, 9.17) is 9.84 Å². The molecule has 0 aliphatic heterocycles. The van der Waals surface area contributed by atoms with Crippen LogP contribution in [0.1, 0.15) is 45.4 Å². The average Bonchev–Trinajstić information content (AvgIpc) is 2.26. The average molecular weight is 217 g/mol. The molecule has 2 N–H and O–H groups in total. The third-order valence-corrected chi connectivity index (χ3v) is 2.62. The van der Waals surface area contributed by atoms with Gasteiger partial charge in [0.2, 0.25) is 0 Å². The lowest BCUT2D eigenvalue weighted by Crippen LogP contribution is -2.34. The van der Waals surface area contributed by atoms with E-state index in [-0.39, 0.29) is 12.6 Å². The van der Waals surface area contributed by atoms with Crippen molar-refractivity contribution in [3.8, 4) is 0 Å². The van der Waals surface area contributed by atoms with Gasteiger partial charge < -0.3 is 15.2 Å². The second-order valence-electron chi connectivity index (χ2n) is 4.03. The van der Waals surface area contributed by atoms with Crippen LogP contribution in [0, 0.1) is 0 Å². The van der Waals surface area contributed by atoms with Crippen molar-refractivity contribution < 1.29 is 9.84 Å². The largest absolute Gasteiger partial charge is 0.395 e. The summed E-state index contributed by atoms with van der Waals surface area (Å²) in [7, 11) is 1.69. The van der Waals surface area contributed by atoms with Gasteiger partial charge in [0.25, 0.3) is 0 Å². The Morgan fingerprint density at radius 1 is 1.20 bits per heavy atom. The van der Waals surface area contributed by atoms with Gasteiger partial charge in [0.15, 0.2) is 0 Å². The molecule has 0 aliphatic rings. The number of aliphatic hydroxyl groups excluding tert-OH is 1. The zero-order valence-electron chi connectivity index (χ0n) is 10.3. The quantitative estimate of drug-likeness (QED) is 0.520. The minimum absolute atomic E-state index is 0.234. The summed E-state index contributed by atoms with van der Waals surface area (Å²) in [6, 6.07) is 0.252. The van der Waals surface area contributed by atoms with E-state index < -0.39 is 0 Å². The maximum Gasteiger partial charge on any atom is 0.0587 e. The SMILES string of the molecule is CCCCCCCC(CO)NCCOC. The predicted octanol–water partition coefficient (Wildman–Crippen LogP) is 1.94. The number of aliphatic hydroxyl groups is 1. The molecule has 0 saturated carbocycles. The lowest BCUT2D eigenvalue weighted by Gasteiger charge is -2.15. The van der Waals surface area contributed by atoms with E-state index in [2.05, 4.69) is 12.2 Å². The van der Waals surface area contributed by atoms with E-state index in [0.29, 0.717) is 6.61 Å². The van der Waals surface area contributed by atoms with E-state index in [0.717, 1.165) is 13.0 Å². The summed E-state index contributed by atoms with van der Waals surface area (Å²) in [5, 5.41) is 12.4. The molecule has 1 unspecified atom stereocenters. The highest BCUT2D eigenvalue weighted by Crippen LogP contribution is 2.06. The minimum atomic E-state index is 0.234. The second-order valence-corrected chi connectivity index (χ2v) is 4.03. The topological polar surface area (TPSA) is 41.5 Å². The molecule has 0 aromatic rings. The summed E-state index contributed by atoms with van der Waals surface area (Å²) >= 11 is 0. The van der Waals surface area contributed by atoms with Crippen LogP contribution in [0.5, 0.6) is 0 Å². The smallest absolute Gasteiger partial charge is 0.0587 e. The fourth-order valence-corrected chi connectivity index (χ4v) is 1.62. The Kier molecular flexibility index (Phi) is 11.9. The maximum absolute atomic E-state index is 9.12. The molecule has 0 bridgehead atoms. The summed E-state index contributed by atoms with van der Waals surface area (Å²) < 4.78 is 4.95. The molecule has 3 heteroatoms. The van der Waals surface area contributed by atoms with E-state index in [9.17, 15) is 0 Å². The van der Waals surface area contributed by atoms with Gasteiger partial charge in [0.05, 0.1) is 13.2 Å². The van der Waals surface area contributed by atoms with Crippen LogP contribution < -0.4 is 5.32 Å². The first kappa shape index (κ1) is 14.9. The first-order valence-corrected chi connectivity index (χ1v) is 6.18. The Hall–Kier alpha value is -0.120. The molecule has 15 heavy (non-hydrogen) atoms. The van der Waals surface area contributed by atoms with Gasteiger partial charge in [-0.2, -0.15) is 0 Å². The van der Waals surface area contributed by atoms with Crippen molar-refractivity contribution in [2.45, 2.75) is 51.5 Å². The number of methoxy groups -OCH3 is 1. The van der Waals surface area contributed by atoms with Crippen molar-refractivity contribution in [2.75, 3.05) is 26.9 Å². The van der Waals surface area contributed by atoms with Crippen molar-refractivity contribution in [2.24, 2.45) is 0 Å². The molecule has 0 rings (SSSR count). The molecule has 1 atom stereocenters. The van der Waals surface area contributed by atoms with Crippen LogP contribution in [0.25, 0.3) is 0 Å². The minimum Gasteiger partial charge on any atom is -0.395 e. The third-order valence-electron chi connectivity index (χ3n) is 2.62. The predicted molar refractivity (Wildman–Crippen MR) is 64.1 cm³/mol. The normalized spacial score (nSPS) is 13.0. The number of nitrogens with one attached hydrogen (secondary N) is 1. The summed E-state index contributed by atoms with van der Waals surface area (Å²) in [6.07, 6.45) is 7.52. The van der Waals surface area contributed by atoms with Gasteiger partial charge in [-0.05, 0) is 6.42 Å². The highest BCUT2D eigenvalue weighted by molar-refractivity contribution is 4.65. The third kappa shape index (κ3) is 10.2. The van der Waals surface area contributed by atoms with Gasteiger partial charge in [-0.15, -0.1) is 0 Å². The Morgan fingerprint density at radius 3 is 2.53 bits per heavy atom. The molecule has 0 fully saturated rings. The van der Waals surface area contributed by atoms with Crippen LogP contribution in [-0.2, 0) is 4.74 Å². The highest BCUT2D eigenvalue weighted by Gasteiger charge is 2.05. The number of ether oxygens (including phenoxy) is 1. The molecular weight excluding hydrogens is 190 g/mol. The van der Waals surface area contributed by atoms with Gasteiger partial charge >= 0.3 is 0 Å². The fourth-order valence-electron chi connectivity index (χ4n) is 1.62. The lowest BCUT2D eigenvalue weighted by atomic mass is 10.1. The molecule has 0 heterocycles. The zero-order valence-corrected chi connectivity index (χ0v) is 10.3. The molecule has 0 aromatic heterocycles. The van der Waals surface area contributed by atoms with Gasteiger partial charge in [-0.25, -0.2) is 0 Å². The molecule has 0 aliphatic carbocycles. The first-order chi connectivity index (χ1) is 7.35. The van der Waals surface area contributed by atoms with Crippen molar-refractivity contribution in [1.82, 2.24) is 5.32 Å². The summed E-state index contributed by atoms with van der Waals surface area (Å²) in [5.41, 5.74) is 0. The van der Waals surface area contributed by atoms with Crippen molar-refractivity contribution >= 4 is 0 Å². The van der Waals surface area contributed by atoms with E-state index in [1.54, 1.807) is 7.11 Å². The van der Waals surface area contributed by atoms with Gasteiger partial charge in [0, 0.05) is 19.7 Å². The van der Waals surface area contributed by atoms with Crippen molar-refractivity contribution in [1.29, 1.82) is 0 Å². The van der Waals surface area contributed by atoms with Gasteiger partial charge in [-0.3, -0.25) is 0 Å². The number of rotatable bonds is 11. The lowest BCUT2D eigenvalue weighted by molar-refractivity contribution is 0.180. The van der Waals surface area contributed by atoms with Crippen molar-refractivity contribution in [3.05, 3.63) is 0 Å². The summed E-state index contributed by atoms with van der Waals surface area (Å²) in [4.78, 5) is 0. The Morgan fingerprint density at radius 2 is 1.93 bits per heavy atom. The monoisotopic (exact) mass is 217 g/mol. The van der Waals surface area contributed by atoms with Crippen LogP contribution in [0.3, 0.4) is 0 Å². The van der Waals surface area contributed by atoms with Gasteiger partial charge in [0.1, 0.15) is 0 Å². The number of unbranched alkanes of at least 4 members (excludes halogenated alkanes) is 4. The molecule has 3 nitrogen and oxygen atoms in total. The Bertz CT molecular complexity index is 120. The van der Waals surface area contributed by atoms with E-state index in [1.807, 2.05) is 0 Å². The van der Waals surface area contributed by atoms with E-state index in [1.165, 1.54) is 32.1 Å². The standard InChI is InChI=1S/C12H27NO2/c1-3-4-5-6-7-8-12(11-14)13-9-10-15-2/h12-14H,3-11H2,1-2H3. The van der Waals surface area contributed by atoms with Crippen LogP contribution in [0.2, 0.25) is 0 Å². The molecule has 0 aromatic carbocycles. The van der Waals surface area contributed by atoms with Crippen LogP contribution in [0.4, 0.5) is 0 Å². The van der Waals surface area contributed by atoms with E-state index >= 15 is 0 Å². The second kappa shape index (κ2) is 12.0. The van der Waals surface area contributed by atoms with Crippen LogP contribution in [-0.4, -0.2) is 38.0 Å². The summed E-state index contributed by atoms with van der Waals surface area (Å²) in [6.45, 7) is 4.00. The summed E-state index contributed by atoms with van der Waals surface area (Å²) in [5.74, 6) is 0. The maximum atomic E-state index is 9.12. The molecule has 0 amide bonds.